The highest BCUT2D eigenvalue weighted by Gasteiger charge is 2.11. The molecule has 0 atom stereocenters. The van der Waals surface area contributed by atoms with Crippen LogP contribution in [0.3, 0.4) is 0 Å². The molecule has 26 heavy (non-hydrogen) atoms. The number of nitriles is 1. The van der Waals surface area contributed by atoms with Gasteiger partial charge in [-0.15, -0.1) is 0 Å². The topological polar surface area (TPSA) is 104 Å². The molecule has 7 nitrogen and oxygen atoms in total. The Morgan fingerprint density at radius 1 is 1.27 bits per heavy atom. The van der Waals surface area contributed by atoms with E-state index in [1.54, 1.807) is 31.3 Å². The molecule has 2 N–H and O–H groups in total. The molecule has 2 aromatic rings. The highest BCUT2D eigenvalue weighted by atomic mass is 16.5. The lowest BCUT2D eigenvalue weighted by molar-refractivity contribution is -0.112. The number of ether oxygens (including phenoxy) is 1. The first-order valence-corrected chi connectivity index (χ1v) is 7.91. The van der Waals surface area contributed by atoms with Crippen LogP contribution < -0.4 is 10.6 Å². The number of pyridine rings is 1. The largest absolute Gasteiger partial charge is 0.462 e. The van der Waals surface area contributed by atoms with Gasteiger partial charge in [0.15, 0.2) is 0 Å². The van der Waals surface area contributed by atoms with Gasteiger partial charge >= 0.3 is 5.97 Å². The zero-order valence-electron chi connectivity index (χ0n) is 14.4. The molecule has 1 heterocycles. The number of rotatable bonds is 6. The van der Waals surface area contributed by atoms with Gasteiger partial charge in [-0.05, 0) is 55.8 Å². The number of esters is 1. The third-order valence-electron chi connectivity index (χ3n) is 3.30. The number of nitrogens with zero attached hydrogens (tertiary/aromatic N) is 2. The quantitative estimate of drug-likeness (QED) is 0.471. The van der Waals surface area contributed by atoms with Gasteiger partial charge in [-0.25, -0.2) is 9.78 Å². The Bertz CT molecular complexity index is 867. The lowest BCUT2D eigenvalue weighted by Crippen LogP contribution is -2.15. The lowest BCUT2D eigenvalue weighted by Gasteiger charge is -2.06. The second kappa shape index (κ2) is 8.99. The summed E-state index contributed by atoms with van der Waals surface area (Å²) in [5.74, 6) is -0.473. The summed E-state index contributed by atoms with van der Waals surface area (Å²) in [6, 6.07) is 11.7. The third-order valence-corrected chi connectivity index (χ3v) is 3.30. The summed E-state index contributed by atoms with van der Waals surface area (Å²) in [6.45, 7) is 3.92. The summed E-state index contributed by atoms with van der Waals surface area (Å²) < 4.78 is 4.89. The molecule has 0 unspecified atom stereocenters. The molecule has 132 valence electrons. The second-order valence-corrected chi connectivity index (χ2v) is 5.28. The minimum Gasteiger partial charge on any atom is -0.462 e. The molecule has 2 rings (SSSR count). The maximum absolute atomic E-state index is 12.2. The number of aryl methyl sites for hydroxylation is 1. The average molecular weight is 350 g/mol. The van der Waals surface area contributed by atoms with Gasteiger partial charge in [0.25, 0.3) is 5.91 Å². The number of amides is 1. The smallest absolute Gasteiger partial charge is 0.338 e. The predicted molar refractivity (Wildman–Crippen MR) is 97.3 cm³/mol. The van der Waals surface area contributed by atoms with Crippen molar-refractivity contribution in [1.82, 2.24) is 4.98 Å². The van der Waals surface area contributed by atoms with Crippen molar-refractivity contribution in [2.45, 2.75) is 13.8 Å². The summed E-state index contributed by atoms with van der Waals surface area (Å²) in [5.41, 5.74) is 1.73. The second-order valence-electron chi connectivity index (χ2n) is 5.28. The maximum atomic E-state index is 12.2. The molecule has 0 saturated carbocycles. The molecular weight excluding hydrogens is 332 g/mol. The first-order valence-electron chi connectivity index (χ1n) is 7.91. The highest BCUT2D eigenvalue weighted by Crippen LogP contribution is 2.12. The van der Waals surface area contributed by atoms with Crippen molar-refractivity contribution in [2.24, 2.45) is 0 Å². The molecule has 1 aromatic heterocycles. The van der Waals surface area contributed by atoms with E-state index >= 15 is 0 Å². The van der Waals surface area contributed by atoms with Crippen LogP contribution >= 0.6 is 0 Å². The SMILES string of the molecule is CCOC(=O)c1ccc(NC(=O)/C(C#N)=C\Nc2cc(C)ccn2)cc1. The molecule has 0 aliphatic carbocycles. The molecule has 0 aliphatic heterocycles. The van der Waals surface area contributed by atoms with E-state index in [1.165, 1.54) is 18.3 Å². The summed E-state index contributed by atoms with van der Waals surface area (Å²) in [7, 11) is 0. The van der Waals surface area contributed by atoms with E-state index in [4.69, 9.17) is 4.74 Å². The van der Waals surface area contributed by atoms with Gasteiger partial charge < -0.3 is 15.4 Å². The van der Waals surface area contributed by atoms with Crippen LogP contribution in [-0.2, 0) is 9.53 Å². The van der Waals surface area contributed by atoms with E-state index in [9.17, 15) is 14.9 Å². The first kappa shape index (κ1) is 18.7. The van der Waals surface area contributed by atoms with Crippen LogP contribution in [-0.4, -0.2) is 23.5 Å². The van der Waals surface area contributed by atoms with Crippen molar-refractivity contribution >= 4 is 23.4 Å². The van der Waals surface area contributed by atoms with Gasteiger partial charge in [-0.2, -0.15) is 5.26 Å². The minimum atomic E-state index is -0.573. The van der Waals surface area contributed by atoms with Crippen molar-refractivity contribution in [1.29, 1.82) is 5.26 Å². The molecule has 0 saturated heterocycles. The fourth-order valence-electron chi connectivity index (χ4n) is 2.01. The van der Waals surface area contributed by atoms with Crippen molar-refractivity contribution in [2.75, 3.05) is 17.2 Å². The normalized spacial score (nSPS) is 10.6. The Kier molecular flexibility index (Phi) is 6.46. The molecule has 0 aliphatic rings. The summed E-state index contributed by atoms with van der Waals surface area (Å²) in [6.07, 6.45) is 2.92. The van der Waals surface area contributed by atoms with Crippen LogP contribution in [0.2, 0.25) is 0 Å². The van der Waals surface area contributed by atoms with E-state index in [0.29, 0.717) is 17.1 Å². The van der Waals surface area contributed by atoms with Crippen LogP contribution in [0.1, 0.15) is 22.8 Å². The van der Waals surface area contributed by atoms with E-state index in [0.717, 1.165) is 5.56 Å². The van der Waals surface area contributed by atoms with Gasteiger partial charge in [-0.3, -0.25) is 4.79 Å². The van der Waals surface area contributed by atoms with Crippen molar-refractivity contribution in [3.05, 3.63) is 65.5 Å². The number of carbonyl (C=O) groups excluding carboxylic acids is 2. The van der Waals surface area contributed by atoms with Crippen LogP contribution in [0.4, 0.5) is 11.5 Å². The molecule has 1 aromatic carbocycles. The third kappa shape index (κ3) is 5.18. The Labute approximate surface area is 151 Å². The van der Waals surface area contributed by atoms with Crippen molar-refractivity contribution in [3.8, 4) is 6.07 Å². The molecule has 7 heteroatoms. The van der Waals surface area contributed by atoms with Gasteiger partial charge in [0.05, 0.1) is 12.2 Å². The van der Waals surface area contributed by atoms with Crippen molar-refractivity contribution < 1.29 is 14.3 Å². The average Bonchev–Trinajstić information content (AvgIpc) is 2.63. The molecule has 0 bridgehead atoms. The van der Waals surface area contributed by atoms with E-state index in [2.05, 4.69) is 15.6 Å². The minimum absolute atomic E-state index is 0.109. The van der Waals surface area contributed by atoms with Crippen LogP contribution in [0.5, 0.6) is 0 Å². The van der Waals surface area contributed by atoms with Gasteiger partial charge in [0, 0.05) is 18.1 Å². The number of hydrogen-bond acceptors (Lipinski definition) is 6. The molecular formula is C19H18N4O3. The van der Waals surface area contributed by atoms with Gasteiger partial charge in [-0.1, -0.05) is 0 Å². The van der Waals surface area contributed by atoms with E-state index < -0.39 is 11.9 Å². The Morgan fingerprint density at radius 3 is 2.62 bits per heavy atom. The van der Waals surface area contributed by atoms with Crippen LogP contribution in [0, 0.1) is 18.3 Å². The molecule has 0 radical (unpaired) electrons. The zero-order chi connectivity index (χ0) is 18.9. The monoisotopic (exact) mass is 350 g/mol. The number of carbonyl (C=O) groups is 2. The van der Waals surface area contributed by atoms with E-state index in [1.807, 2.05) is 19.1 Å². The van der Waals surface area contributed by atoms with Crippen molar-refractivity contribution in [3.63, 3.8) is 0 Å². The Morgan fingerprint density at radius 2 is 2.00 bits per heavy atom. The fraction of sp³-hybridized carbons (Fsp3) is 0.158. The van der Waals surface area contributed by atoms with Gasteiger partial charge in [0.1, 0.15) is 17.5 Å². The van der Waals surface area contributed by atoms with Crippen LogP contribution in [0.25, 0.3) is 0 Å². The Balaban J connectivity index is 2.03. The number of anilines is 2. The number of hydrogen-bond donors (Lipinski definition) is 2. The molecule has 0 spiro atoms. The fourth-order valence-corrected chi connectivity index (χ4v) is 2.01. The van der Waals surface area contributed by atoms with E-state index in [-0.39, 0.29) is 12.2 Å². The number of benzene rings is 1. The summed E-state index contributed by atoms with van der Waals surface area (Å²) in [5, 5.41) is 14.6. The molecule has 0 fully saturated rings. The summed E-state index contributed by atoms with van der Waals surface area (Å²) >= 11 is 0. The summed E-state index contributed by atoms with van der Waals surface area (Å²) in [4.78, 5) is 27.9. The highest BCUT2D eigenvalue weighted by molar-refractivity contribution is 6.06. The maximum Gasteiger partial charge on any atom is 0.338 e. The first-order chi connectivity index (χ1) is 12.5. The van der Waals surface area contributed by atoms with Crippen LogP contribution in [0.15, 0.2) is 54.4 Å². The number of nitrogens with one attached hydrogen (secondary N) is 2. The van der Waals surface area contributed by atoms with Gasteiger partial charge in [0.2, 0.25) is 0 Å². The standard InChI is InChI=1S/C19H18N4O3/c1-3-26-19(25)14-4-6-16(7-5-14)23-18(24)15(11-20)12-22-17-10-13(2)8-9-21-17/h4-10,12H,3H2,1-2H3,(H,21,22)(H,23,24)/b15-12-. The Hall–Kier alpha value is -3.66. The number of aromatic nitrogens is 1. The predicted octanol–water partition coefficient (Wildman–Crippen LogP) is 3.02. The molecule has 1 amide bonds. The zero-order valence-corrected chi connectivity index (χ0v) is 14.4. The lowest BCUT2D eigenvalue weighted by atomic mass is 10.2.